The van der Waals surface area contributed by atoms with Gasteiger partial charge in [-0.1, -0.05) is 0 Å². The third-order valence-corrected chi connectivity index (χ3v) is 18.3. The van der Waals surface area contributed by atoms with Crippen molar-refractivity contribution in [2.75, 3.05) is 36.2 Å². The molecule has 3 aliphatic heterocycles. The SMILES string of the molecule is CCOP12(OCC)C(=O)N(c3ccccc3)C(=O)N1P1(OCC)(OCC)C(=O)N(c3ccccc3)C(=O)N21. The number of carbonyl (C=O) groups is 4. The molecule has 6 amide bonds. The standard InChI is InChI=1S/C24H30N4O8P2/c1-5-33-37(34-6-2)23(31)25(19-15-11-9-12-16-19)21(29)27(37)38(35-7-3,36-8-4)24(32)26(22(30)28(37)38)20-17-13-10-14-18-20/h9-18H,5-8H2,1-4H3. The van der Waals surface area contributed by atoms with Gasteiger partial charge in [0.2, 0.25) is 0 Å². The van der Waals surface area contributed by atoms with Gasteiger partial charge in [0, 0.05) is 0 Å². The molecule has 0 unspecified atom stereocenters. The number of para-hydroxylation sites is 2. The minimum absolute atomic E-state index is 0.107. The molecule has 38 heavy (non-hydrogen) atoms. The number of rotatable bonds is 10. The van der Waals surface area contributed by atoms with Gasteiger partial charge >= 0.3 is 220 Å². The van der Waals surface area contributed by atoms with Crippen molar-refractivity contribution < 1.29 is 37.3 Å². The van der Waals surface area contributed by atoms with Crippen LogP contribution in [0.4, 0.5) is 30.6 Å². The molecule has 0 N–H and O–H groups in total. The number of benzene rings is 2. The van der Waals surface area contributed by atoms with E-state index in [0.29, 0.717) is 0 Å². The van der Waals surface area contributed by atoms with E-state index >= 15 is 0 Å². The Morgan fingerprint density at radius 1 is 0.526 bits per heavy atom. The van der Waals surface area contributed by atoms with E-state index in [0.717, 1.165) is 18.7 Å². The zero-order valence-electron chi connectivity index (χ0n) is 21.6. The minimum atomic E-state index is -5.33. The van der Waals surface area contributed by atoms with E-state index in [-0.39, 0.29) is 37.8 Å². The first-order valence-corrected chi connectivity index (χ1v) is 16.3. The van der Waals surface area contributed by atoms with Crippen LogP contribution in [-0.4, -0.2) is 58.7 Å². The summed E-state index contributed by atoms with van der Waals surface area (Å²) < 4.78 is 26.9. The molecule has 0 atom stereocenters. The summed E-state index contributed by atoms with van der Waals surface area (Å²) in [5.41, 5.74) is -1.31. The van der Waals surface area contributed by atoms with E-state index in [9.17, 15) is 19.2 Å². The van der Waals surface area contributed by atoms with Gasteiger partial charge in [-0.15, -0.1) is 0 Å². The van der Waals surface area contributed by atoms with Gasteiger partial charge in [-0.25, -0.2) is 0 Å². The molecule has 2 aromatic rings. The number of hydrogen-bond acceptors (Lipinski definition) is 8. The average molecular weight is 564 g/mol. The Kier molecular flexibility index (Phi) is 6.15. The summed E-state index contributed by atoms with van der Waals surface area (Å²) in [6.07, 6.45) is 0. The van der Waals surface area contributed by atoms with Gasteiger partial charge in [0.15, 0.2) is 0 Å². The van der Waals surface area contributed by atoms with Gasteiger partial charge in [0.05, 0.1) is 0 Å². The summed E-state index contributed by atoms with van der Waals surface area (Å²) in [7, 11) is -10.7. The van der Waals surface area contributed by atoms with Crippen LogP contribution in [0, 0.1) is 0 Å². The molecule has 3 heterocycles. The second kappa shape index (κ2) is 8.77. The first kappa shape index (κ1) is 26.6. The maximum atomic E-state index is 14.6. The molecular weight excluding hydrogens is 534 g/mol. The van der Waals surface area contributed by atoms with E-state index in [1.165, 1.54) is 0 Å². The molecule has 0 radical (unpaired) electrons. The number of hydrogen-bond donors (Lipinski definition) is 0. The molecule has 12 nitrogen and oxygen atoms in total. The molecule has 5 rings (SSSR count). The third kappa shape index (κ3) is 2.65. The summed E-state index contributed by atoms with van der Waals surface area (Å²) in [6.45, 7) is 6.05. The Hall–Kier alpha value is -2.98. The van der Waals surface area contributed by atoms with Crippen LogP contribution in [0.2, 0.25) is 0 Å². The van der Waals surface area contributed by atoms with Crippen molar-refractivity contribution in [3.63, 3.8) is 0 Å². The number of nitrogens with zero attached hydrogens (tertiary/aromatic N) is 4. The number of anilines is 2. The predicted molar refractivity (Wildman–Crippen MR) is 143 cm³/mol. The topological polar surface area (TPSA) is 118 Å². The molecule has 0 bridgehead atoms. The van der Waals surface area contributed by atoms with Crippen molar-refractivity contribution in [3.05, 3.63) is 60.7 Å². The fraction of sp³-hybridized carbons (Fsp3) is 0.333. The van der Waals surface area contributed by atoms with Crippen LogP contribution >= 0.6 is 14.7 Å². The van der Waals surface area contributed by atoms with Crippen molar-refractivity contribution in [2.45, 2.75) is 27.7 Å². The van der Waals surface area contributed by atoms with E-state index in [4.69, 9.17) is 18.1 Å². The Morgan fingerprint density at radius 2 is 0.816 bits per heavy atom. The molecule has 3 fully saturated rings. The molecule has 0 saturated carbocycles. The van der Waals surface area contributed by atoms with Crippen LogP contribution in [0.3, 0.4) is 0 Å². The number of amides is 6. The monoisotopic (exact) mass is 564 g/mol. The van der Waals surface area contributed by atoms with E-state index in [1.54, 1.807) is 88.4 Å². The fourth-order valence-corrected chi connectivity index (χ4v) is 19.6. The van der Waals surface area contributed by atoms with Crippen molar-refractivity contribution in [1.29, 1.82) is 0 Å². The van der Waals surface area contributed by atoms with Crippen LogP contribution in [0.15, 0.2) is 60.7 Å². The molecule has 3 saturated heterocycles. The maximum absolute atomic E-state index is 14.6. The quantitative estimate of drug-likeness (QED) is 0.293. The van der Waals surface area contributed by atoms with Gasteiger partial charge < -0.3 is 0 Å². The van der Waals surface area contributed by atoms with Crippen LogP contribution < -0.4 is 9.80 Å². The van der Waals surface area contributed by atoms with Crippen molar-refractivity contribution >= 4 is 49.5 Å². The summed E-state index contributed by atoms with van der Waals surface area (Å²) in [4.78, 5) is 59.8. The molecular formula is C24H30N4O8P2. The zero-order chi connectivity index (χ0) is 27.4. The Labute approximate surface area is 220 Å². The Morgan fingerprint density at radius 3 is 1.08 bits per heavy atom. The van der Waals surface area contributed by atoms with Crippen LogP contribution in [-0.2, 0) is 18.1 Å². The first-order valence-electron chi connectivity index (χ1n) is 12.4. The van der Waals surface area contributed by atoms with E-state index in [1.807, 2.05) is 0 Å². The number of urea groups is 2. The molecule has 0 aromatic heterocycles. The van der Waals surface area contributed by atoms with Crippen molar-refractivity contribution in [3.8, 4) is 0 Å². The third-order valence-electron chi connectivity index (χ3n) is 6.57. The van der Waals surface area contributed by atoms with Gasteiger partial charge in [-0.2, -0.15) is 0 Å². The van der Waals surface area contributed by atoms with E-state index in [2.05, 4.69) is 0 Å². The average Bonchev–Trinajstić information content (AvgIpc) is 3.18. The predicted octanol–water partition coefficient (Wildman–Crippen LogP) is 6.70. The molecule has 3 aliphatic rings. The molecule has 204 valence electrons. The van der Waals surface area contributed by atoms with Crippen molar-refractivity contribution in [2.24, 2.45) is 0 Å². The van der Waals surface area contributed by atoms with Gasteiger partial charge in [0.25, 0.3) is 0 Å². The van der Waals surface area contributed by atoms with Gasteiger partial charge in [-0.05, 0) is 0 Å². The number of imide groups is 2. The summed E-state index contributed by atoms with van der Waals surface area (Å²) in [6, 6.07) is 14.6. The second-order valence-corrected chi connectivity index (χ2v) is 16.0. The number of fused-ring (bicyclic) bond motifs is 4. The van der Waals surface area contributed by atoms with Gasteiger partial charge in [-0.3, -0.25) is 0 Å². The Bertz CT molecular complexity index is 1200. The van der Waals surface area contributed by atoms with Crippen LogP contribution in [0.1, 0.15) is 27.7 Å². The second-order valence-electron chi connectivity index (χ2n) is 8.47. The Balaban J connectivity index is 1.88. The van der Waals surface area contributed by atoms with Gasteiger partial charge in [0.1, 0.15) is 0 Å². The number of carbonyl (C=O) groups excluding carboxylic acids is 4. The summed E-state index contributed by atoms with van der Waals surface area (Å²) in [5.74, 6) is 0. The zero-order valence-corrected chi connectivity index (χ0v) is 23.3. The molecule has 0 aliphatic carbocycles. The van der Waals surface area contributed by atoms with E-state index < -0.39 is 38.1 Å². The molecule has 2 aromatic carbocycles. The summed E-state index contributed by atoms with van der Waals surface area (Å²) in [5, 5.41) is 0. The van der Waals surface area contributed by atoms with Crippen LogP contribution in [0.5, 0.6) is 0 Å². The normalized spacial score (nSPS) is 24.2. The molecule has 0 spiro atoms. The summed E-state index contributed by atoms with van der Waals surface area (Å²) >= 11 is 0. The fourth-order valence-electron chi connectivity index (χ4n) is 5.56. The first-order chi connectivity index (χ1) is 18.3. The molecule has 14 heteroatoms. The van der Waals surface area contributed by atoms with Crippen LogP contribution in [0.25, 0.3) is 0 Å². The van der Waals surface area contributed by atoms with Crippen molar-refractivity contribution in [1.82, 2.24) is 8.88 Å².